The van der Waals surface area contributed by atoms with E-state index in [9.17, 15) is 4.79 Å². The maximum atomic E-state index is 10.6. The minimum absolute atomic E-state index is 0.113. The number of carbonyl (C=O) groups excluding carboxylic acids is 1. The second-order valence-electron chi connectivity index (χ2n) is 2.41. The Morgan fingerprint density at radius 2 is 2.45 bits per heavy atom. The highest BCUT2D eigenvalue weighted by molar-refractivity contribution is 5.76. The lowest BCUT2D eigenvalue weighted by atomic mass is 10.2. The number of carbonyl (C=O) groups is 1. The third-order valence-corrected chi connectivity index (χ3v) is 1.38. The van der Waals surface area contributed by atoms with Crippen LogP contribution < -0.4 is 11.1 Å². The molecule has 0 aliphatic carbocycles. The molecule has 0 saturated carbocycles. The number of hydrogen-bond donors (Lipinski definition) is 2. The Kier molecular flexibility index (Phi) is 2.38. The topological polar surface area (TPSA) is 67.5 Å². The van der Waals surface area contributed by atoms with Gasteiger partial charge in [0.15, 0.2) is 0 Å². The van der Waals surface area contributed by atoms with Gasteiger partial charge < -0.3 is 11.1 Å². The first kappa shape index (κ1) is 7.94. The molecule has 1 aliphatic rings. The van der Waals surface area contributed by atoms with E-state index in [2.05, 4.69) is 10.3 Å². The molecule has 2 atom stereocenters. The maximum absolute atomic E-state index is 10.6. The molecule has 0 radical (unpaired) electrons. The Labute approximate surface area is 65.2 Å². The molecule has 4 nitrogen and oxygen atoms in total. The predicted molar refractivity (Wildman–Crippen MR) is 43.2 cm³/mol. The number of rotatable bonds is 1. The van der Waals surface area contributed by atoms with E-state index in [-0.39, 0.29) is 18.1 Å². The number of hydrogen-bond acceptors (Lipinski definition) is 3. The van der Waals surface area contributed by atoms with Crippen LogP contribution in [0, 0.1) is 0 Å². The summed E-state index contributed by atoms with van der Waals surface area (Å²) in [4.78, 5) is 14.6. The van der Waals surface area contributed by atoms with E-state index in [1.165, 1.54) is 6.92 Å². The summed E-state index contributed by atoms with van der Waals surface area (Å²) in [5.41, 5.74) is 5.61. The molecule has 2 unspecified atom stereocenters. The molecule has 0 spiro atoms. The van der Waals surface area contributed by atoms with Crippen LogP contribution >= 0.6 is 0 Å². The SMILES string of the molecule is CC(=O)NC1N=CC=CC1N. The van der Waals surface area contributed by atoms with Crippen molar-refractivity contribution < 1.29 is 4.79 Å². The van der Waals surface area contributed by atoms with Gasteiger partial charge in [-0.25, -0.2) is 0 Å². The molecule has 0 bridgehead atoms. The molecule has 0 aromatic carbocycles. The fourth-order valence-corrected chi connectivity index (χ4v) is 0.867. The number of nitrogens with one attached hydrogen (secondary N) is 1. The van der Waals surface area contributed by atoms with Gasteiger partial charge in [0.05, 0.1) is 6.04 Å². The molecule has 0 aromatic rings. The number of aliphatic imine (C=N–C) groups is 1. The summed E-state index contributed by atoms with van der Waals surface area (Å²) >= 11 is 0. The lowest BCUT2D eigenvalue weighted by molar-refractivity contribution is -0.119. The summed E-state index contributed by atoms with van der Waals surface area (Å²) in [5, 5.41) is 2.62. The van der Waals surface area contributed by atoms with Crippen molar-refractivity contribution in [1.82, 2.24) is 5.32 Å². The fraction of sp³-hybridized carbons (Fsp3) is 0.429. The van der Waals surface area contributed by atoms with Gasteiger partial charge in [-0.1, -0.05) is 6.08 Å². The molecule has 1 amide bonds. The Morgan fingerprint density at radius 3 is 3.00 bits per heavy atom. The van der Waals surface area contributed by atoms with Crippen molar-refractivity contribution in [3.63, 3.8) is 0 Å². The van der Waals surface area contributed by atoms with Crippen molar-refractivity contribution in [1.29, 1.82) is 0 Å². The van der Waals surface area contributed by atoms with Gasteiger partial charge in [0.1, 0.15) is 6.17 Å². The van der Waals surface area contributed by atoms with Crippen LogP contribution in [0.5, 0.6) is 0 Å². The normalized spacial score (nSPS) is 28.5. The van der Waals surface area contributed by atoms with Crippen molar-refractivity contribution in [3.05, 3.63) is 12.2 Å². The Hall–Kier alpha value is -1.16. The highest BCUT2D eigenvalue weighted by Crippen LogP contribution is 1.98. The third kappa shape index (κ3) is 2.16. The van der Waals surface area contributed by atoms with Crippen LogP contribution in [0.4, 0.5) is 0 Å². The van der Waals surface area contributed by atoms with Crippen molar-refractivity contribution in [2.75, 3.05) is 0 Å². The molecule has 1 heterocycles. The van der Waals surface area contributed by atoms with Crippen molar-refractivity contribution in [3.8, 4) is 0 Å². The van der Waals surface area contributed by atoms with Crippen LogP contribution in [0.1, 0.15) is 6.92 Å². The lowest BCUT2D eigenvalue weighted by Crippen LogP contribution is -2.45. The van der Waals surface area contributed by atoms with Crippen molar-refractivity contribution in [2.24, 2.45) is 10.7 Å². The summed E-state index contributed by atoms with van der Waals surface area (Å²) in [6, 6.07) is -0.205. The summed E-state index contributed by atoms with van der Waals surface area (Å²) in [6.45, 7) is 1.44. The molecule has 1 rings (SSSR count). The second-order valence-corrected chi connectivity index (χ2v) is 2.41. The van der Waals surface area contributed by atoms with E-state index in [0.717, 1.165) is 0 Å². The predicted octanol–water partition coefficient (Wildman–Crippen LogP) is -0.583. The minimum atomic E-state index is -0.294. The summed E-state index contributed by atoms with van der Waals surface area (Å²) < 4.78 is 0. The van der Waals surface area contributed by atoms with Gasteiger partial charge in [0.2, 0.25) is 5.91 Å². The average molecular weight is 153 g/mol. The highest BCUT2D eigenvalue weighted by atomic mass is 16.1. The van der Waals surface area contributed by atoms with Gasteiger partial charge in [0, 0.05) is 13.1 Å². The molecule has 60 valence electrons. The Balaban J connectivity index is 2.52. The van der Waals surface area contributed by atoms with Crippen LogP contribution in [0.25, 0.3) is 0 Å². The fourth-order valence-electron chi connectivity index (χ4n) is 0.867. The monoisotopic (exact) mass is 153 g/mol. The molecule has 0 aromatic heterocycles. The summed E-state index contributed by atoms with van der Waals surface area (Å²) in [6.07, 6.45) is 4.90. The first-order valence-corrected chi connectivity index (χ1v) is 3.43. The number of allylic oxidation sites excluding steroid dienone is 1. The molecular weight excluding hydrogens is 142 g/mol. The maximum Gasteiger partial charge on any atom is 0.218 e. The standard InChI is InChI=1S/C7H11N3O/c1-5(11)10-7-6(8)3-2-4-9-7/h2-4,6-7H,8H2,1H3,(H,10,11). The molecule has 0 fully saturated rings. The van der Waals surface area contributed by atoms with Gasteiger partial charge >= 0.3 is 0 Å². The average Bonchev–Trinajstić information content (AvgIpc) is 1.93. The van der Waals surface area contributed by atoms with E-state index >= 15 is 0 Å². The van der Waals surface area contributed by atoms with Gasteiger partial charge in [0.25, 0.3) is 0 Å². The quantitative estimate of drug-likeness (QED) is 0.529. The lowest BCUT2D eigenvalue weighted by Gasteiger charge is -2.19. The Bertz CT molecular complexity index is 210. The van der Waals surface area contributed by atoms with Gasteiger partial charge in [-0.05, 0) is 6.08 Å². The minimum Gasteiger partial charge on any atom is -0.333 e. The Morgan fingerprint density at radius 1 is 1.73 bits per heavy atom. The van der Waals surface area contributed by atoms with E-state index < -0.39 is 0 Å². The second kappa shape index (κ2) is 3.30. The smallest absolute Gasteiger partial charge is 0.218 e. The van der Waals surface area contributed by atoms with Crippen molar-refractivity contribution in [2.45, 2.75) is 19.1 Å². The van der Waals surface area contributed by atoms with Crippen LogP contribution in [0.15, 0.2) is 17.1 Å². The van der Waals surface area contributed by atoms with Gasteiger partial charge in [-0.3, -0.25) is 9.79 Å². The van der Waals surface area contributed by atoms with Crippen LogP contribution in [-0.4, -0.2) is 24.3 Å². The molecule has 11 heavy (non-hydrogen) atoms. The molecule has 0 saturated heterocycles. The zero-order valence-corrected chi connectivity index (χ0v) is 6.32. The first-order chi connectivity index (χ1) is 5.20. The number of nitrogens with zero attached hydrogens (tertiary/aromatic N) is 1. The first-order valence-electron chi connectivity index (χ1n) is 3.43. The van der Waals surface area contributed by atoms with Crippen molar-refractivity contribution >= 4 is 12.1 Å². The number of nitrogens with two attached hydrogens (primary N) is 1. The van der Waals surface area contributed by atoms with Gasteiger partial charge in [-0.2, -0.15) is 0 Å². The molecule has 1 aliphatic heterocycles. The molecule has 4 heteroatoms. The largest absolute Gasteiger partial charge is 0.333 e. The zero-order valence-electron chi connectivity index (χ0n) is 6.32. The zero-order chi connectivity index (χ0) is 8.27. The summed E-state index contributed by atoms with van der Waals surface area (Å²) in [5.74, 6) is -0.113. The summed E-state index contributed by atoms with van der Waals surface area (Å²) in [7, 11) is 0. The van der Waals surface area contributed by atoms with E-state index in [4.69, 9.17) is 5.73 Å². The molecule has 3 N–H and O–H groups in total. The number of amides is 1. The molecular formula is C7H11N3O. The highest BCUT2D eigenvalue weighted by Gasteiger charge is 2.15. The van der Waals surface area contributed by atoms with Gasteiger partial charge in [-0.15, -0.1) is 0 Å². The third-order valence-electron chi connectivity index (χ3n) is 1.38. The van der Waals surface area contributed by atoms with Crippen LogP contribution in [-0.2, 0) is 4.79 Å². The van der Waals surface area contributed by atoms with E-state index in [1.807, 2.05) is 0 Å². The van der Waals surface area contributed by atoms with Crippen LogP contribution in [0.2, 0.25) is 0 Å². The van der Waals surface area contributed by atoms with Crippen LogP contribution in [0.3, 0.4) is 0 Å². The van der Waals surface area contributed by atoms with E-state index in [0.29, 0.717) is 0 Å². The number of dihydropyridines is 1. The van der Waals surface area contributed by atoms with E-state index in [1.54, 1.807) is 18.4 Å².